The van der Waals surface area contributed by atoms with Crippen molar-refractivity contribution < 1.29 is 19.1 Å². The van der Waals surface area contributed by atoms with Crippen LogP contribution in [-0.2, 0) is 19.1 Å². The molecular formula is C16H16O4. The molecule has 7 aliphatic rings. The second-order valence-electron chi connectivity index (χ2n) is 8.17. The Morgan fingerprint density at radius 1 is 0.600 bits per heavy atom. The third-order valence-electron chi connectivity index (χ3n) is 7.83. The van der Waals surface area contributed by atoms with Crippen molar-refractivity contribution in [3.05, 3.63) is 0 Å². The molecule has 0 N–H and O–H groups in total. The van der Waals surface area contributed by atoms with Gasteiger partial charge in [-0.05, 0) is 36.5 Å². The molecule has 4 heteroatoms. The van der Waals surface area contributed by atoms with Crippen molar-refractivity contribution in [2.75, 3.05) is 0 Å². The molecule has 2 saturated heterocycles. The van der Waals surface area contributed by atoms with Crippen LogP contribution in [0.4, 0.5) is 0 Å². The lowest BCUT2D eigenvalue weighted by atomic mass is 9.58. The van der Waals surface area contributed by atoms with E-state index in [0.29, 0.717) is 59.7 Å². The standard InChI is InChI=1S/C16H16O4/c17-11-7-3-1-4(14-13(3)19-14)8(7)12(18)10-6-2-5(9(10)11)15-16(6)20-15/h3-10,13-16H,1-2H2/t3-,4-,5+,6+,7-,8+,9-,10+,13-,14-,15-,16-/m1/s1. The normalized spacial score (nSPS) is 73.4. The molecule has 2 aliphatic heterocycles. The average molecular weight is 272 g/mol. The Labute approximate surface area is 116 Å². The summed E-state index contributed by atoms with van der Waals surface area (Å²) in [7, 11) is 0. The summed E-state index contributed by atoms with van der Waals surface area (Å²) in [6.45, 7) is 0. The second-order valence-corrected chi connectivity index (χ2v) is 8.17. The third-order valence-corrected chi connectivity index (χ3v) is 7.83. The molecule has 2 heterocycles. The Morgan fingerprint density at radius 2 is 0.900 bits per heavy atom. The van der Waals surface area contributed by atoms with E-state index in [9.17, 15) is 9.59 Å². The number of hydrogen-bond acceptors (Lipinski definition) is 4. The molecule has 12 atom stereocenters. The average Bonchev–Trinajstić information content (AvgIpc) is 3.29. The van der Waals surface area contributed by atoms with Crippen molar-refractivity contribution in [2.24, 2.45) is 47.3 Å². The summed E-state index contributed by atoms with van der Waals surface area (Å²) in [5.74, 6) is 2.32. The Morgan fingerprint density at radius 3 is 1.20 bits per heavy atom. The van der Waals surface area contributed by atoms with Gasteiger partial charge in [0.2, 0.25) is 0 Å². The molecule has 0 amide bonds. The Balaban J connectivity index is 1.39. The third kappa shape index (κ3) is 0.806. The van der Waals surface area contributed by atoms with Crippen LogP contribution in [0.1, 0.15) is 12.8 Å². The van der Waals surface area contributed by atoms with Crippen LogP contribution in [0.2, 0.25) is 0 Å². The van der Waals surface area contributed by atoms with Crippen LogP contribution in [0.15, 0.2) is 0 Å². The monoisotopic (exact) mass is 272 g/mol. The van der Waals surface area contributed by atoms with Crippen LogP contribution in [0.25, 0.3) is 0 Å². The zero-order valence-corrected chi connectivity index (χ0v) is 11.0. The van der Waals surface area contributed by atoms with Crippen molar-refractivity contribution in [1.29, 1.82) is 0 Å². The van der Waals surface area contributed by atoms with Gasteiger partial charge in [-0.15, -0.1) is 0 Å². The van der Waals surface area contributed by atoms with Gasteiger partial charge in [-0.2, -0.15) is 0 Å². The maximum absolute atomic E-state index is 13.1. The molecule has 5 aliphatic carbocycles. The Bertz CT molecular complexity index is 503. The number of ether oxygens (including phenoxy) is 2. The van der Waals surface area contributed by atoms with E-state index in [0.717, 1.165) is 12.8 Å². The summed E-state index contributed by atoms with van der Waals surface area (Å²) in [4.78, 5) is 26.2. The lowest BCUT2D eigenvalue weighted by Crippen LogP contribution is -2.53. The van der Waals surface area contributed by atoms with Gasteiger partial charge in [-0.3, -0.25) is 9.59 Å². The number of carbonyl (C=O) groups is 2. The van der Waals surface area contributed by atoms with E-state index in [1.54, 1.807) is 0 Å². The number of carbonyl (C=O) groups excluding carboxylic acids is 2. The Hall–Kier alpha value is -0.740. The van der Waals surface area contributed by atoms with Crippen LogP contribution >= 0.6 is 0 Å². The minimum Gasteiger partial charge on any atom is -0.369 e. The lowest BCUT2D eigenvalue weighted by molar-refractivity contribution is -0.150. The fourth-order valence-electron chi connectivity index (χ4n) is 7.28. The Kier molecular flexibility index (Phi) is 1.34. The van der Waals surface area contributed by atoms with Gasteiger partial charge in [-0.1, -0.05) is 0 Å². The summed E-state index contributed by atoms with van der Waals surface area (Å²) < 4.78 is 11.4. The molecule has 104 valence electrons. The highest BCUT2D eigenvalue weighted by Gasteiger charge is 2.78. The minimum absolute atomic E-state index is 0.00838. The molecule has 20 heavy (non-hydrogen) atoms. The maximum atomic E-state index is 13.1. The van der Waals surface area contributed by atoms with Crippen LogP contribution in [0.5, 0.6) is 0 Å². The molecule has 0 radical (unpaired) electrons. The number of fused-ring (bicyclic) bond motifs is 16. The topological polar surface area (TPSA) is 59.2 Å². The summed E-state index contributed by atoms with van der Waals surface area (Å²) in [5.41, 5.74) is 0. The van der Waals surface area contributed by atoms with Crippen LogP contribution in [0.3, 0.4) is 0 Å². The molecule has 0 spiro atoms. The van der Waals surface area contributed by atoms with Gasteiger partial charge >= 0.3 is 0 Å². The molecule has 0 unspecified atom stereocenters. The summed E-state index contributed by atoms with van der Waals surface area (Å²) in [5, 5.41) is 0. The molecule has 4 nitrogen and oxygen atoms in total. The van der Waals surface area contributed by atoms with Gasteiger partial charge in [0.05, 0.1) is 24.4 Å². The first-order valence-corrected chi connectivity index (χ1v) is 8.14. The van der Waals surface area contributed by atoms with Crippen LogP contribution in [-0.4, -0.2) is 36.0 Å². The van der Waals surface area contributed by atoms with Gasteiger partial charge in [0.15, 0.2) is 0 Å². The molecule has 7 rings (SSSR count). The van der Waals surface area contributed by atoms with Gasteiger partial charge in [0, 0.05) is 23.7 Å². The van der Waals surface area contributed by atoms with Gasteiger partial charge < -0.3 is 9.47 Å². The first-order valence-electron chi connectivity index (χ1n) is 8.14. The van der Waals surface area contributed by atoms with E-state index in [1.807, 2.05) is 0 Å². The molecule has 5 saturated carbocycles. The van der Waals surface area contributed by atoms with E-state index < -0.39 is 0 Å². The van der Waals surface area contributed by atoms with E-state index >= 15 is 0 Å². The van der Waals surface area contributed by atoms with Crippen molar-refractivity contribution in [3.8, 4) is 0 Å². The highest BCUT2D eigenvalue weighted by Crippen LogP contribution is 2.70. The van der Waals surface area contributed by atoms with Gasteiger partial charge in [0.1, 0.15) is 11.6 Å². The van der Waals surface area contributed by atoms with E-state index in [4.69, 9.17) is 9.47 Å². The second kappa shape index (κ2) is 2.66. The molecule has 7 fully saturated rings. The summed E-state index contributed by atoms with van der Waals surface area (Å²) >= 11 is 0. The first-order chi connectivity index (χ1) is 9.75. The summed E-state index contributed by atoms with van der Waals surface area (Å²) in [6, 6.07) is 0. The van der Waals surface area contributed by atoms with Crippen molar-refractivity contribution >= 4 is 11.6 Å². The first kappa shape index (κ1) is 10.1. The molecule has 0 aromatic rings. The van der Waals surface area contributed by atoms with Crippen LogP contribution in [0, 0.1) is 47.3 Å². The minimum atomic E-state index is 0.00838. The van der Waals surface area contributed by atoms with Crippen LogP contribution < -0.4 is 0 Å². The van der Waals surface area contributed by atoms with Gasteiger partial charge in [-0.25, -0.2) is 0 Å². The van der Waals surface area contributed by atoms with E-state index in [2.05, 4.69) is 0 Å². The molecule has 0 aromatic carbocycles. The molecule has 4 bridgehead atoms. The number of epoxide rings is 2. The molecular weight excluding hydrogens is 256 g/mol. The highest BCUT2D eigenvalue weighted by atomic mass is 16.6. The smallest absolute Gasteiger partial charge is 0.141 e. The maximum Gasteiger partial charge on any atom is 0.141 e. The summed E-state index contributed by atoms with van der Waals surface area (Å²) in [6.07, 6.45) is 3.41. The largest absolute Gasteiger partial charge is 0.369 e. The van der Waals surface area contributed by atoms with E-state index in [-0.39, 0.29) is 23.7 Å². The van der Waals surface area contributed by atoms with Crippen molar-refractivity contribution in [1.82, 2.24) is 0 Å². The van der Waals surface area contributed by atoms with Gasteiger partial charge in [0.25, 0.3) is 0 Å². The fourth-order valence-corrected chi connectivity index (χ4v) is 7.28. The number of Topliss-reactive ketones (excluding diaryl/α,β-unsaturated/α-hetero) is 2. The SMILES string of the molecule is O=C1[C@@H]2[C@@H]3C[C@H]([C@H]4O[C@H]34)[C@@H]2C(=O)[C@H]2[C@H]3C[C@@H]([C@H]4O[C@H]34)[C@@H]12. The fraction of sp³-hybridized carbons (Fsp3) is 0.875. The molecule has 0 aromatic heterocycles. The van der Waals surface area contributed by atoms with Crippen molar-refractivity contribution in [3.63, 3.8) is 0 Å². The lowest BCUT2D eigenvalue weighted by Gasteiger charge is -2.41. The van der Waals surface area contributed by atoms with E-state index in [1.165, 1.54) is 0 Å². The zero-order valence-electron chi connectivity index (χ0n) is 11.0. The van der Waals surface area contributed by atoms with Crippen molar-refractivity contribution in [2.45, 2.75) is 37.3 Å². The number of hydrogen-bond donors (Lipinski definition) is 0. The quantitative estimate of drug-likeness (QED) is 0.600. The predicted octanol–water partition coefficient (Wildman–Crippen LogP) is 0.437. The number of rotatable bonds is 0. The zero-order chi connectivity index (χ0) is 12.9. The highest BCUT2D eigenvalue weighted by molar-refractivity contribution is 6.02. The number of ketones is 2. The predicted molar refractivity (Wildman–Crippen MR) is 64.5 cm³/mol.